The van der Waals surface area contributed by atoms with Crippen molar-refractivity contribution in [3.05, 3.63) is 0 Å². The zero-order chi connectivity index (χ0) is 9.00. The SMILES string of the molecule is N.OP(O)(O)=S.OP(O)(O)=S.[Zn]. The fraction of sp³-hybridized carbons (Fsp3) is 0. The summed E-state index contributed by atoms with van der Waals surface area (Å²) < 4.78 is 0. The molecule has 0 rings (SSSR count). The van der Waals surface area contributed by atoms with Crippen LogP contribution in [0.1, 0.15) is 0 Å². The normalized spacial score (nSPS) is 9.83. The summed E-state index contributed by atoms with van der Waals surface area (Å²) in [5.74, 6) is 0. The van der Waals surface area contributed by atoms with Crippen molar-refractivity contribution in [3.8, 4) is 0 Å². The molecule has 7 nitrogen and oxygen atoms in total. The van der Waals surface area contributed by atoms with Gasteiger partial charge >= 0.3 is 13.4 Å². The molecule has 0 aliphatic heterocycles. The van der Waals surface area contributed by atoms with E-state index < -0.39 is 13.4 Å². The molecule has 0 aliphatic carbocycles. The molecule has 0 aromatic carbocycles. The molecule has 0 aromatic heterocycles. The molecule has 74 valence electrons. The summed E-state index contributed by atoms with van der Waals surface area (Å²) in [7, 11) is 0. The Bertz CT molecular complexity index is 136. The second-order valence-corrected chi connectivity index (χ2v) is 6.02. The van der Waals surface area contributed by atoms with Crippen molar-refractivity contribution in [2.24, 2.45) is 0 Å². The van der Waals surface area contributed by atoms with Crippen LogP contribution in [-0.4, -0.2) is 29.4 Å². The van der Waals surface area contributed by atoms with Crippen LogP contribution in [0, 0.1) is 0 Å². The molecule has 0 bridgehead atoms. The molecular weight excluding hydrogens is 301 g/mol. The van der Waals surface area contributed by atoms with Crippen LogP contribution < -0.4 is 6.15 Å². The second kappa shape index (κ2) is 9.21. The number of hydrogen-bond donors (Lipinski definition) is 7. The van der Waals surface area contributed by atoms with Crippen molar-refractivity contribution in [1.82, 2.24) is 6.15 Å². The maximum atomic E-state index is 7.56. The van der Waals surface area contributed by atoms with E-state index >= 15 is 0 Å². The maximum Gasteiger partial charge on any atom is 0.319 e. The van der Waals surface area contributed by atoms with Crippen molar-refractivity contribution >= 4 is 37.1 Å². The van der Waals surface area contributed by atoms with Crippen LogP contribution in [0.25, 0.3) is 0 Å². The predicted octanol–water partition coefficient (Wildman–Crippen LogP) is -1.46. The molecule has 0 atom stereocenters. The summed E-state index contributed by atoms with van der Waals surface area (Å²) in [6.07, 6.45) is 0. The van der Waals surface area contributed by atoms with E-state index in [1.54, 1.807) is 0 Å². The predicted molar refractivity (Wildman–Crippen MR) is 46.9 cm³/mol. The molecule has 0 amide bonds. The molecule has 0 unspecified atom stereocenters. The first-order valence-corrected chi connectivity index (χ1v) is 6.89. The van der Waals surface area contributed by atoms with Crippen molar-refractivity contribution in [2.45, 2.75) is 0 Å². The summed E-state index contributed by atoms with van der Waals surface area (Å²) in [6, 6.07) is 0. The Morgan fingerprint density at radius 1 is 0.667 bits per heavy atom. The van der Waals surface area contributed by atoms with E-state index in [9.17, 15) is 0 Å². The van der Waals surface area contributed by atoms with Crippen molar-refractivity contribution < 1.29 is 48.8 Å². The average Bonchev–Trinajstić information content (AvgIpc) is 1.12. The maximum absolute atomic E-state index is 7.56. The number of rotatable bonds is 0. The van der Waals surface area contributed by atoms with Gasteiger partial charge < -0.3 is 35.5 Å². The van der Waals surface area contributed by atoms with Crippen molar-refractivity contribution in [1.29, 1.82) is 0 Å². The Balaban J connectivity index is -0.0000000457. The molecule has 0 radical (unpaired) electrons. The van der Waals surface area contributed by atoms with Gasteiger partial charge in [0, 0.05) is 19.5 Å². The average molecular weight is 311 g/mol. The largest absolute Gasteiger partial charge is 0.344 e. The Kier molecular flexibility index (Phi) is 18.0. The van der Waals surface area contributed by atoms with Crippen LogP contribution in [0.2, 0.25) is 0 Å². The minimum absolute atomic E-state index is 0. The van der Waals surface area contributed by atoms with Gasteiger partial charge in [0.15, 0.2) is 0 Å². The molecule has 12 heteroatoms. The first kappa shape index (κ1) is 23.5. The summed E-state index contributed by atoms with van der Waals surface area (Å²) in [6.45, 7) is -7.61. The van der Waals surface area contributed by atoms with E-state index in [1.165, 1.54) is 0 Å². The van der Waals surface area contributed by atoms with Gasteiger partial charge in [-0.2, -0.15) is 0 Å². The second-order valence-electron chi connectivity index (χ2n) is 1.03. The third-order valence-corrected chi connectivity index (χ3v) is 0. The molecule has 0 aromatic rings. The molecule has 0 aliphatic rings. The molecule has 0 heterocycles. The van der Waals surface area contributed by atoms with Crippen LogP contribution in [0.5, 0.6) is 0 Å². The number of hydrogen-bond acceptors (Lipinski definition) is 3. The van der Waals surface area contributed by atoms with Gasteiger partial charge in [0.05, 0.1) is 0 Å². The van der Waals surface area contributed by atoms with Crippen LogP contribution in [0.3, 0.4) is 0 Å². The van der Waals surface area contributed by atoms with Crippen LogP contribution in [0.4, 0.5) is 0 Å². The van der Waals surface area contributed by atoms with Gasteiger partial charge in [-0.05, 0) is 23.6 Å². The molecule has 0 saturated carbocycles. The van der Waals surface area contributed by atoms with E-state index in [-0.39, 0.29) is 25.6 Å². The molecule has 0 fully saturated rings. The third kappa shape index (κ3) is 488. The summed E-state index contributed by atoms with van der Waals surface area (Å²) in [5, 5.41) is 0. The van der Waals surface area contributed by atoms with Gasteiger partial charge in [0.2, 0.25) is 0 Å². The first-order chi connectivity index (χ1) is 4.00. The van der Waals surface area contributed by atoms with E-state index in [1.807, 2.05) is 0 Å². The van der Waals surface area contributed by atoms with Gasteiger partial charge in [-0.3, -0.25) is 0 Å². The first-order valence-electron chi connectivity index (χ1n) is 1.57. The fourth-order valence-electron chi connectivity index (χ4n) is 0. The molecule has 12 heavy (non-hydrogen) atoms. The molecule has 9 N–H and O–H groups in total. The zero-order valence-corrected chi connectivity index (χ0v) is 12.2. The summed E-state index contributed by atoms with van der Waals surface area (Å²) >= 11 is 7.21. The van der Waals surface area contributed by atoms with E-state index in [4.69, 9.17) is 29.4 Å². The van der Waals surface area contributed by atoms with Gasteiger partial charge in [-0.1, -0.05) is 0 Å². The van der Waals surface area contributed by atoms with Crippen molar-refractivity contribution in [2.75, 3.05) is 0 Å². The van der Waals surface area contributed by atoms with E-state index in [0.29, 0.717) is 0 Å². The fourth-order valence-corrected chi connectivity index (χ4v) is 0. The summed E-state index contributed by atoms with van der Waals surface area (Å²) in [4.78, 5) is 45.3. The molecule has 0 saturated heterocycles. The van der Waals surface area contributed by atoms with E-state index in [2.05, 4.69) is 23.6 Å². The Hall–Kier alpha value is 1.64. The van der Waals surface area contributed by atoms with Gasteiger partial charge in [-0.25, -0.2) is 0 Å². The minimum Gasteiger partial charge on any atom is -0.344 e. The third-order valence-electron chi connectivity index (χ3n) is 0. The van der Waals surface area contributed by atoms with Gasteiger partial charge in [0.25, 0.3) is 0 Å². The topological polar surface area (TPSA) is 156 Å². The van der Waals surface area contributed by atoms with E-state index in [0.717, 1.165) is 0 Å². The van der Waals surface area contributed by atoms with Crippen LogP contribution in [0.15, 0.2) is 0 Å². The minimum atomic E-state index is -3.81. The quantitative estimate of drug-likeness (QED) is 0.210. The Morgan fingerprint density at radius 2 is 0.667 bits per heavy atom. The molecule has 0 spiro atoms. The van der Waals surface area contributed by atoms with Crippen LogP contribution in [-0.2, 0) is 43.1 Å². The monoisotopic (exact) mass is 309 g/mol. The van der Waals surface area contributed by atoms with Gasteiger partial charge in [-0.15, -0.1) is 0 Å². The summed E-state index contributed by atoms with van der Waals surface area (Å²) in [5.41, 5.74) is 0. The molecular formula is H9NO6P2S2Zn. The zero-order valence-electron chi connectivity index (χ0n) is 5.81. The standard InChI is InChI=1S/H3N.2H3O3PS.Zn/c;2*1-4(2,3)5;/h1H3;2*(H3,1,2,3,5);. The Labute approximate surface area is 91.9 Å². The smallest absolute Gasteiger partial charge is 0.319 e. The van der Waals surface area contributed by atoms with Crippen molar-refractivity contribution in [3.63, 3.8) is 0 Å². The van der Waals surface area contributed by atoms with Gasteiger partial charge in [0.1, 0.15) is 0 Å². The van der Waals surface area contributed by atoms with Crippen LogP contribution >= 0.6 is 13.4 Å². The Morgan fingerprint density at radius 3 is 0.667 bits per heavy atom.